The van der Waals surface area contributed by atoms with E-state index in [0.29, 0.717) is 12.1 Å². The standard InChI is InChI=1S/C12H26N2O/c1-11(12(2)15-3)13-7-10-14-8-5-4-6-9-14/h11-13H,4-10H2,1-3H3. The van der Waals surface area contributed by atoms with E-state index in [4.69, 9.17) is 4.74 Å². The highest BCUT2D eigenvalue weighted by atomic mass is 16.5. The Labute approximate surface area is 94.2 Å². The van der Waals surface area contributed by atoms with Gasteiger partial charge in [-0.2, -0.15) is 0 Å². The molecule has 1 aliphatic rings. The average Bonchev–Trinajstić information content (AvgIpc) is 2.29. The Bertz CT molecular complexity index is 156. The highest BCUT2D eigenvalue weighted by molar-refractivity contribution is 4.70. The van der Waals surface area contributed by atoms with Gasteiger partial charge in [0.15, 0.2) is 0 Å². The van der Waals surface area contributed by atoms with Crippen molar-refractivity contribution in [1.82, 2.24) is 10.2 Å². The molecule has 1 aliphatic heterocycles. The topological polar surface area (TPSA) is 24.5 Å². The van der Waals surface area contributed by atoms with Crippen LogP contribution in [0.2, 0.25) is 0 Å². The van der Waals surface area contributed by atoms with Crippen LogP contribution in [-0.4, -0.2) is 50.3 Å². The van der Waals surface area contributed by atoms with E-state index in [1.54, 1.807) is 7.11 Å². The minimum absolute atomic E-state index is 0.298. The summed E-state index contributed by atoms with van der Waals surface area (Å²) in [6.07, 6.45) is 4.47. The normalized spacial score (nSPS) is 22.6. The zero-order valence-corrected chi connectivity index (χ0v) is 10.5. The van der Waals surface area contributed by atoms with Crippen molar-refractivity contribution >= 4 is 0 Å². The van der Waals surface area contributed by atoms with Crippen LogP contribution in [0.3, 0.4) is 0 Å². The van der Waals surface area contributed by atoms with Gasteiger partial charge in [-0.1, -0.05) is 6.42 Å². The molecule has 0 bridgehead atoms. The van der Waals surface area contributed by atoms with Gasteiger partial charge in [-0.3, -0.25) is 0 Å². The summed E-state index contributed by atoms with van der Waals surface area (Å²) in [5, 5.41) is 3.51. The van der Waals surface area contributed by atoms with E-state index in [-0.39, 0.29) is 0 Å². The number of likely N-dealkylation sites (tertiary alicyclic amines) is 1. The lowest BCUT2D eigenvalue weighted by Crippen LogP contribution is -2.42. The molecule has 0 aliphatic carbocycles. The van der Waals surface area contributed by atoms with E-state index < -0.39 is 0 Å². The second-order valence-electron chi connectivity index (χ2n) is 4.59. The monoisotopic (exact) mass is 214 g/mol. The Kier molecular flexibility index (Phi) is 6.22. The van der Waals surface area contributed by atoms with Crippen LogP contribution in [0.25, 0.3) is 0 Å². The Hall–Kier alpha value is -0.120. The van der Waals surface area contributed by atoms with E-state index in [1.165, 1.54) is 38.9 Å². The molecule has 2 atom stereocenters. The number of ether oxygens (including phenoxy) is 1. The van der Waals surface area contributed by atoms with Crippen LogP contribution in [0.5, 0.6) is 0 Å². The molecule has 0 spiro atoms. The second kappa shape index (κ2) is 7.20. The lowest BCUT2D eigenvalue weighted by atomic mass is 10.1. The fraction of sp³-hybridized carbons (Fsp3) is 1.00. The van der Waals surface area contributed by atoms with Gasteiger partial charge in [0.1, 0.15) is 0 Å². The summed E-state index contributed by atoms with van der Waals surface area (Å²) in [5.41, 5.74) is 0. The molecule has 2 unspecified atom stereocenters. The summed E-state index contributed by atoms with van der Waals surface area (Å²) in [4.78, 5) is 2.56. The molecule has 1 heterocycles. The molecule has 0 saturated carbocycles. The lowest BCUT2D eigenvalue weighted by Gasteiger charge is -2.27. The molecule has 1 rings (SSSR count). The van der Waals surface area contributed by atoms with Crippen molar-refractivity contribution in [3.05, 3.63) is 0 Å². The van der Waals surface area contributed by atoms with Crippen molar-refractivity contribution in [1.29, 1.82) is 0 Å². The minimum Gasteiger partial charge on any atom is -0.380 e. The smallest absolute Gasteiger partial charge is 0.0693 e. The maximum absolute atomic E-state index is 5.28. The van der Waals surface area contributed by atoms with Gasteiger partial charge in [0.25, 0.3) is 0 Å². The van der Waals surface area contributed by atoms with Crippen molar-refractivity contribution in [3.63, 3.8) is 0 Å². The van der Waals surface area contributed by atoms with Crippen LogP contribution < -0.4 is 5.32 Å². The van der Waals surface area contributed by atoms with Crippen molar-refractivity contribution in [2.24, 2.45) is 0 Å². The second-order valence-corrected chi connectivity index (χ2v) is 4.59. The predicted molar refractivity (Wildman–Crippen MR) is 64.2 cm³/mol. The first-order valence-corrected chi connectivity index (χ1v) is 6.22. The van der Waals surface area contributed by atoms with Gasteiger partial charge in [0, 0.05) is 26.2 Å². The molecule has 0 amide bonds. The maximum Gasteiger partial charge on any atom is 0.0693 e. The summed E-state index contributed by atoms with van der Waals surface area (Å²) in [5.74, 6) is 0. The Morgan fingerprint density at radius 2 is 1.87 bits per heavy atom. The Morgan fingerprint density at radius 3 is 2.47 bits per heavy atom. The third-order valence-corrected chi connectivity index (χ3v) is 3.42. The Morgan fingerprint density at radius 1 is 1.20 bits per heavy atom. The lowest BCUT2D eigenvalue weighted by molar-refractivity contribution is 0.0871. The molecule has 3 nitrogen and oxygen atoms in total. The van der Waals surface area contributed by atoms with E-state index in [1.807, 2.05) is 0 Å². The number of hydrogen-bond acceptors (Lipinski definition) is 3. The number of piperidine rings is 1. The van der Waals surface area contributed by atoms with Crippen LogP contribution >= 0.6 is 0 Å². The van der Waals surface area contributed by atoms with E-state index in [0.717, 1.165) is 6.54 Å². The first-order chi connectivity index (χ1) is 7.24. The molecule has 0 aromatic heterocycles. The number of nitrogens with zero attached hydrogens (tertiary/aromatic N) is 1. The van der Waals surface area contributed by atoms with Gasteiger partial charge in [-0.15, -0.1) is 0 Å². The summed E-state index contributed by atoms with van der Waals surface area (Å²) >= 11 is 0. The van der Waals surface area contributed by atoms with Crippen molar-refractivity contribution in [3.8, 4) is 0 Å². The summed E-state index contributed by atoms with van der Waals surface area (Å²) in [7, 11) is 1.77. The average molecular weight is 214 g/mol. The van der Waals surface area contributed by atoms with Gasteiger partial charge >= 0.3 is 0 Å². The third-order valence-electron chi connectivity index (χ3n) is 3.42. The first kappa shape index (κ1) is 12.9. The molecule has 3 heteroatoms. The maximum atomic E-state index is 5.28. The summed E-state index contributed by atoms with van der Waals surface area (Å²) in [6, 6.07) is 0.444. The highest BCUT2D eigenvalue weighted by Gasteiger charge is 2.12. The number of nitrogens with one attached hydrogen (secondary N) is 1. The Balaban J connectivity index is 2.04. The fourth-order valence-corrected chi connectivity index (χ4v) is 2.00. The van der Waals surface area contributed by atoms with Gasteiger partial charge in [-0.05, 0) is 39.8 Å². The van der Waals surface area contributed by atoms with Crippen molar-refractivity contribution in [2.75, 3.05) is 33.3 Å². The zero-order valence-electron chi connectivity index (χ0n) is 10.5. The summed E-state index contributed by atoms with van der Waals surface area (Å²) < 4.78 is 5.28. The van der Waals surface area contributed by atoms with Crippen LogP contribution in [0.4, 0.5) is 0 Å². The molecule has 0 aromatic carbocycles. The molecule has 15 heavy (non-hydrogen) atoms. The fourth-order valence-electron chi connectivity index (χ4n) is 2.00. The molecule has 90 valence electrons. The van der Waals surface area contributed by atoms with Gasteiger partial charge in [0.2, 0.25) is 0 Å². The third kappa shape index (κ3) is 4.96. The number of methoxy groups -OCH3 is 1. The van der Waals surface area contributed by atoms with Crippen LogP contribution in [0.1, 0.15) is 33.1 Å². The molecule has 0 radical (unpaired) electrons. The molecule has 1 N–H and O–H groups in total. The number of hydrogen-bond donors (Lipinski definition) is 1. The SMILES string of the molecule is COC(C)C(C)NCCN1CCCCC1. The van der Waals surface area contributed by atoms with E-state index in [2.05, 4.69) is 24.1 Å². The van der Waals surface area contributed by atoms with Crippen molar-refractivity contribution < 1.29 is 4.74 Å². The van der Waals surface area contributed by atoms with Crippen molar-refractivity contribution in [2.45, 2.75) is 45.3 Å². The minimum atomic E-state index is 0.298. The quantitative estimate of drug-likeness (QED) is 0.725. The first-order valence-electron chi connectivity index (χ1n) is 6.22. The van der Waals surface area contributed by atoms with E-state index in [9.17, 15) is 0 Å². The largest absolute Gasteiger partial charge is 0.380 e. The molecule has 0 aromatic rings. The summed E-state index contributed by atoms with van der Waals surface area (Å²) in [6.45, 7) is 9.13. The zero-order chi connectivity index (χ0) is 11.1. The van der Waals surface area contributed by atoms with Crippen LogP contribution in [-0.2, 0) is 4.74 Å². The molecule has 1 saturated heterocycles. The highest BCUT2D eigenvalue weighted by Crippen LogP contribution is 2.07. The van der Waals surface area contributed by atoms with Gasteiger partial charge in [-0.25, -0.2) is 0 Å². The predicted octanol–water partition coefficient (Wildman–Crippen LogP) is 1.49. The van der Waals surface area contributed by atoms with Crippen LogP contribution in [0.15, 0.2) is 0 Å². The molecular formula is C12H26N2O. The van der Waals surface area contributed by atoms with Crippen LogP contribution in [0, 0.1) is 0 Å². The molecule has 1 fully saturated rings. The van der Waals surface area contributed by atoms with E-state index >= 15 is 0 Å². The number of rotatable bonds is 6. The van der Waals surface area contributed by atoms with Gasteiger partial charge < -0.3 is 15.0 Å². The molecular weight excluding hydrogens is 188 g/mol. The van der Waals surface area contributed by atoms with Gasteiger partial charge in [0.05, 0.1) is 6.10 Å².